The summed E-state index contributed by atoms with van der Waals surface area (Å²) in [6.07, 6.45) is 3.23. The molecule has 0 amide bonds. The van der Waals surface area contributed by atoms with Gasteiger partial charge in [0.15, 0.2) is 5.15 Å². The molecule has 0 spiro atoms. The number of imidazole rings is 1. The highest BCUT2D eigenvalue weighted by molar-refractivity contribution is 7.71. The summed E-state index contributed by atoms with van der Waals surface area (Å²) in [6, 6.07) is 13.2. The van der Waals surface area contributed by atoms with E-state index in [1.807, 2.05) is 34.9 Å². The molecule has 0 saturated heterocycles. The van der Waals surface area contributed by atoms with E-state index in [2.05, 4.69) is 9.97 Å². The van der Waals surface area contributed by atoms with Gasteiger partial charge in [0.05, 0.1) is 29.0 Å². The molecule has 0 atom stereocenters. The van der Waals surface area contributed by atoms with Gasteiger partial charge < -0.3 is 0 Å². The fourth-order valence-electron chi connectivity index (χ4n) is 2.16. The molecule has 0 saturated carbocycles. The number of hydrogen-bond acceptors (Lipinski definition) is 4. The molecule has 2 aromatic heterocycles. The van der Waals surface area contributed by atoms with Crippen LogP contribution in [-0.4, -0.2) is 23.0 Å². The van der Waals surface area contributed by atoms with Crippen molar-refractivity contribution >= 4 is 22.3 Å². The Morgan fingerprint density at radius 2 is 1.82 bits per heavy atom. The van der Waals surface area contributed by atoms with E-state index < -0.39 is 10.7 Å². The lowest BCUT2D eigenvalue weighted by Gasteiger charge is -2.09. The lowest BCUT2D eigenvalue weighted by atomic mass is 10.1. The number of rotatable bonds is 4. The summed E-state index contributed by atoms with van der Waals surface area (Å²) in [5.41, 5.74) is 2.99. The minimum atomic E-state index is -2.48. The van der Waals surface area contributed by atoms with Crippen molar-refractivity contribution in [2.45, 2.75) is 5.75 Å². The van der Waals surface area contributed by atoms with E-state index in [0.29, 0.717) is 10.8 Å². The molecule has 7 heteroatoms. The van der Waals surface area contributed by atoms with Crippen LogP contribution in [0.4, 0.5) is 0 Å². The Bertz CT molecular complexity index is 850. The number of aromatic nitrogens is 3. The summed E-state index contributed by atoms with van der Waals surface area (Å²) in [7, 11) is -2.48. The second kappa shape index (κ2) is 6.29. The smallest absolute Gasteiger partial charge is 0.155 e. The van der Waals surface area contributed by atoms with Gasteiger partial charge in [-0.1, -0.05) is 41.9 Å². The monoisotopic (exact) mass is 333 g/mol. The Hall–Kier alpha value is -2.18. The lowest BCUT2D eigenvalue weighted by Crippen LogP contribution is -1.98. The second-order valence-electron chi connectivity index (χ2n) is 4.62. The van der Waals surface area contributed by atoms with Gasteiger partial charge in [0.1, 0.15) is 17.0 Å². The molecular formula is C15H12ClN3O2S. The first-order chi connectivity index (χ1) is 10.6. The second-order valence-corrected chi connectivity index (χ2v) is 5.96. The summed E-state index contributed by atoms with van der Waals surface area (Å²) < 4.78 is 23.3. The molecule has 3 rings (SSSR count). The maximum absolute atomic E-state index is 10.7. The van der Waals surface area contributed by atoms with Gasteiger partial charge >= 0.3 is 0 Å². The molecule has 0 fully saturated rings. The summed E-state index contributed by atoms with van der Waals surface area (Å²) >= 11 is 6.20. The number of benzene rings is 1. The van der Waals surface area contributed by atoms with Crippen molar-refractivity contribution < 1.29 is 8.42 Å². The Morgan fingerprint density at radius 1 is 1.05 bits per heavy atom. The van der Waals surface area contributed by atoms with Crippen LogP contribution in [0, 0.1) is 0 Å². The molecule has 0 radical (unpaired) electrons. The highest BCUT2D eigenvalue weighted by Crippen LogP contribution is 2.29. The Morgan fingerprint density at radius 3 is 2.45 bits per heavy atom. The molecule has 0 aliphatic carbocycles. The maximum Gasteiger partial charge on any atom is 0.155 e. The van der Waals surface area contributed by atoms with Crippen molar-refractivity contribution in [2.24, 2.45) is 0 Å². The average Bonchev–Trinajstić information content (AvgIpc) is 2.90. The van der Waals surface area contributed by atoms with Crippen LogP contribution in [0.2, 0.25) is 5.15 Å². The third-order valence-electron chi connectivity index (χ3n) is 3.15. The first-order valence-corrected chi connectivity index (χ1v) is 8.24. The summed E-state index contributed by atoms with van der Waals surface area (Å²) in [4.78, 5) is 8.31. The van der Waals surface area contributed by atoms with Crippen LogP contribution in [0.25, 0.3) is 16.9 Å². The zero-order valence-electron chi connectivity index (χ0n) is 11.4. The van der Waals surface area contributed by atoms with E-state index in [-0.39, 0.29) is 5.75 Å². The average molecular weight is 334 g/mol. The maximum atomic E-state index is 10.7. The first kappa shape index (κ1) is 14.7. The zero-order chi connectivity index (χ0) is 15.5. The highest BCUT2D eigenvalue weighted by Gasteiger charge is 2.13. The predicted molar refractivity (Wildman–Crippen MR) is 85.8 cm³/mol. The molecule has 0 unspecified atom stereocenters. The molecule has 0 bridgehead atoms. The van der Waals surface area contributed by atoms with Crippen LogP contribution >= 0.6 is 11.6 Å². The van der Waals surface area contributed by atoms with Gasteiger partial charge in [0.2, 0.25) is 0 Å². The lowest BCUT2D eigenvalue weighted by molar-refractivity contribution is 0.613. The largest absolute Gasteiger partial charge is 0.296 e. The number of halogens is 1. The van der Waals surface area contributed by atoms with Gasteiger partial charge in [0.25, 0.3) is 0 Å². The van der Waals surface area contributed by atoms with Crippen molar-refractivity contribution in [1.29, 1.82) is 0 Å². The van der Waals surface area contributed by atoms with E-state index in [9.17, 15) is 8.42 Å². The fourth-order valence-corrected chi connectivity index (χ4v) is 2.86. The fraction of sp³-hybridized carbons (Fsp3) is 0.0667. The number of pyridine rings is 1. The minimum Gasteiger partial charge on any atom is -0.296 e. The van der Waals surface area contributed by atoms with Crippen molar-refractivity contribution in [2.75, 3.05) is 0 Å². The van der Waals surface area contributed by atoms with Crippen LogP contribution in [0.15, 0.2) is 55.0 Å². The number of hydrogen-bond donors (Lipinski definition) is 1. The molecule has 0 N–H and O–H groups in total. The van der Waals surface area contributed by atoms with E-state index >= 15 is 0 Å². The molecule has 2 heterocycles. The summed E-state index contributed by atoms with van der Waals surface area (Å²) in [5, 5.41) is 0.401. The summed E-state index contributed by atoms with van der Waals surface area (Å²) in [6.45, 7) is 0. The minimum absolute atomic E-state index is 0.0637. The number of thiol groups is 1. The molecule has 1 aromatic carbocycles. The third-order valence-corrected chi connectivity index (χ3v) is 4.01. The molecule has 22 heavy (non-hydrogen) atoms. The number of nitrogens with zero attached hydrogens (tertiary/aromatic N) is 3. The molecule has 112 valence electrons. The molecule has 0 aliphatic heterocycles. The molecule has 5 nitrogen and oxygen atoms in total. The van der Waals surface area contributed by atoms with Gasteiger partial charge in [-0.25, -0.2) is 13.4 Å². The van der Waals surface area contributed by atoms with Crippen molar-refractivity contribution in [1.82, 2.24) is 14.5 Å². The first-order valence-electron chi connectivity index (χ1n) is 6.50. The molecule has 0 aliphatic rings. The SMILES string of the molecule is O=[SH](=O)Cc1ccc(-n2cnc(Cl)c2-c2ccccc2)cn1. The van der Waals surface area contributed by atoms with Gasteiger partial charge in [-0.05, 0) is 12.1 Å². The Kier molecular flexibility index (Phi) is 4.22. The standard InChI is InChI=1S/C15H12ClN3O2S/c16-15-14(11-4-2-1-3-5-11)19(10-18-15)13-7-6-12(17-8-13)9-22(20)21/h1-8,10,22H,9H2. The topological polar surface area (TPSA) is 64.8 Å². The van der Waals surface area contributed by atoms with Gasteiger partial charge in [-0.2, -0.15) is 0 Å². The molecular weight excluding hydrogens is 322 g/mol. The molecule has 3 aromatic rings. The van der Waals surface area contributed by atoms with Crippen molar-refractivity contribution in [3.63, 3.8) is 0 Å². The van der Waals surface area contributed by atoms with Crippen molar-refractivity contribution in [3.05, 3.63) is 65.8 Å². The van der Waals surface area contributed by atoms with Crippen LogP contribution in [0.3, 0.4) is 0 Å². The van der Waals surface area contributed by atoms with E-state index in [0.717, 1.165) is 16.9 Å². The Balaban J connectivity index is 2.03. The van der Waals surface area contributed by atoms with E-state index in [4.69, 9.17) is 11.6 Å². The van der Waals surface area contributed by atoms with Crippen molar-refractivity contribution in [3.8, 4) is 16.9 Å². The van der Waals surface area contributed by atoms with Gasteiger partial charge in [0, 0.05) is 5.56 Å². The van der Waals surface area contributed by atoms with Crippen LogP contribution in [-0.2, 0) is 16.5 Å². The van der Waals surface area contributed by atoms with Crippen LogP contribution < -0.4 is 0 Å². The van der Waals surface area contributed by atoms with Crippen LogP contribution in [0.5, 0.6) is 0 Å². The Labute approximate surface area is 134 Å². The normalized spacial score (nSPS) is 11.0. The quantitative estimate of drug-likeness (QED) is 0.746. The third kappa shape index (κ3) is 3.03. The highest BCUT2D eigenvalue weighted by atomic mass is 35.5. The van der Waals surface area contributed by atoms with Gasteiger partial charge in [-0.3, -0.25) is 9.55 Å². The van der Waals surface area contributed by atoms with Gasteiger partial charge in [-0.15, -0.1) is 0 Å². The van der Waals surface area contributed by atoms with E-state index in [1.165, 1.54) is 0 Å². The zero-order valence-corrected chi connectivity index (χ0v) is 13.0. The van der Waals surface area contributed by atoms with Crippen LogP contribution in [0.1, 0.15) is 5.69 Å². The summed E-state index contributed by atoms with van der Waals surface area (Å²) in [5.74, 6) is -0.0637. The predicted octanol–water partition coefficient (Wildman–Crippen LogP) is 2.70. The van der Waals surface area contributed by atoms with E-state index in [1.54, 1.807) is 24.7 Å².